The molecule has 2 N–H and O–H groups in total. The van der Waals surface area contributed by atoms with E-state index < -0.39 is 0 Å². The smallest absolute Gasteiger partial charge is 0.223 e. The molecule has 0 radical (unpaired) electrons. The summed E-state index contributed by atoms with van der Waals surface area (Å²) >= 11 is 0. The molecular weight excluding hydrogens is 228 g/mol. The summed E-state index contributed by atoms with van der Waals surface area (Å²) in [6, 6.07) is 0.299. The topological polar surface area (TPSA) is 47.6 Å². The van der Waals surface area contributed by atoms with E-state index in [1.54, 1.807) is 0 Å². The lowest BCUT2D eigenvalue weighted by Crippen LogP contribution is -2.67. The van der Waals surface area contributed by atoms with Crippen LogP contribution < -0.4 is 10.6 Å². The van der Waals surface area contributed by atoms with Crippen LogP contribution in [0.5, 0.6) is 0 Å². The molecule has 104 valence electrons. The summed E-state index contributed by atoms with van der Waals surface area (Å²) in [6.07, 6.45) is 0.626. The van der Waals surface area contributed by atoms with E-state index >= 15 is 0 Å². The van der Waals surface area contributed by atoms with Crippen LogP contribution in [0.2, 0.25) is 0 Å². The number of hydrogen-bond acceptors (Lipinski definition) is 4. The third kappa shape index (κ3) is 3.22. The lowest BCUT2D eigenvalue weighted by Gasteiger charge is -2.43. The molecule has 2 aliphatic heterocycles. The fourth-order valence-corrected chi connectivity index (χ4v) is 2.68. The summed E-state index contributed by atoms with van der Waals surface area (Å²) in [7, 11) is 0. The van der Waals surface area contributed by atoms with Gasteiger partial charge < -0.3 is 10.2 Å². The van der Waals surface area contributed by atoms with Gasteiger partial charge in [-0.2, -0.15) is 0 Å². The fourth-order valence-electron chi connectivity index (χ4n) is 2.68. The van der Waals surface area contributed by atoms with E-state index in [1.807, 2.05) is 0 Å². The molecule has 2 atom stereocenters. The molecule has 0 aromatic heterocycles. The lowest BCUT2D eigenvalue weighted by atomic mass is 9.99. The Morgan fingerprint density at radius 2 is 1.94 bits per heavy atom. The van der Waals surface area contributed by atoms with Crippen molar-refractivity contribution in [2.75, 3.05) is 32.7 Å². The first-order valence-corrected chi connectivity index (χ1v) is 7.12. The molecule has 0 aromatic carbocycles. The maximum atomic E-state index is 11.8. The monoisotopic (exact) mass is 254 g/mol. The second-order valence-electron chi connectivity index (χ2n) is 5.66. The van der Waals surface area contributed by atoms with Crippen molar-refractivity contribution >= 4 is 5.91 Å². The van der Waals surface area contributed by atoms with Crippen LogP contribution in [0, 0.1) is 5.92 Å². The molecular formula is C13H26N4O. The van der Waals surface area contributed by atoms with Gasteiger partial charge in [-0.1, -0.05) is 20.8 Å². The van der Waals surface area contributed by atoms with Crippen LogP contribution in [0.3, 0.4) is 0 Å². The number of amides is 1. The van der Waals surface area contributed by atoms with E-state index in [1.165, 1.54) is 0 Å². The summed E-state index contributed by atoms with van der Waals surface area (Å²) < 4.78 is 0. The highest BCUT2D eigenvalue weighted by atomic mass is 16.2. The average Bonchev–Trinajstić information content (AvgIpc) is 2.38. The van der Waals surface area contributed by atoms with Crippen molar-refractivity contribution in [1.29, 1.82) is 0 Å². The van der Waals surface area contributed by atoms with Gasteiger partial charge in [0.15, 0.2) is 0 Å². The van der Waals surface area contributed by atoms with Gasteiger partial charge >= 0.3 is 0 Å². The zero-order chi connectivity index (χ0) is 13.1. The van der Waals surface area contributed by atoms with Crippen molar-refractivity contribution in [2.45, 2.75) is 39.5 Å². The van der Waals surface area contributed by atoms with Crippen LogP contribution >= 0.6 is 0 Å². The molecule has 0 saturated carbocycles. The Hall–Kier alpha value is -0.650. The summed E-state index contributed by atoms with van der Waals surface area (Å²) in [6.45, 7) is 11.9. The van der Waals surface area contributed by atoms with E-state index in [4.69, 9.17) is 0 Å². The fraction of sp³-hybridized carbons (Fsp3) is 0.923. The van der Waals surface area contributed by atoms with E-state index in [2.05, 4.69) is 41.2 Å². The van der Waals surface area contributed by atoms with Gasteiger partial charge in [0, 0.05) is 38.6 Å². The molecule has 2 aliphatic rings. The zero-order valence-corrected chi connectivity index (χ0v) is 11.8. The van der Waals surface area contributed by atoms with Crippen LogP contribution in [0.1, 0.15) is 27.2 Å². The molecule has 5 nitrogen and oxygen atoms in total. The van der Waals surface area contributed by atoms with Gasteiger partial charge in [0.25, 0.3) is 0 Å². The Morgan fingerprint density at radius 1 is 1.28 bits per heavy atom. The Balaban J connectivity index is 1.90. The minimum Gasteiger partial charge on any atom is -0.328 e. The largest absolute Gasteiger partial charge is 0.328 e. The van der Waals surface area contributed by atoms with Crippen LogP contribution in [0.25, 0.3) is 0 Å². The minimum atomic E-state index is 0.0256. The van der Waals surface area contributed by atoms with Crippen molar-refractivity contribution < 1.29 is 4.79 Å². The molecule has 2 fully saturated rings. The number of nitrogens with zero attached hydrogens (tertiary/aromatic N) is 2. The quantitative estimate of drug-likeness (QED) is 0.747. The number of piperazine rings is 1. The average molecular weight is 254 g/mol. The summed E-state index contributed by atoms with van der Waals surface area (Å²) in [5.41, 5.74) is 0. The van der Waals surface area contributed by atoms with Gasteiger partial charge in [-0.3, -0.25) is 15.0 Å². The third-order valence-electron chi connectivity index (χ3n) is 4.10. The maximum Gasteiger partial charge on any atom is 0.223 e. The molecule has 0 bridgehead atoms. The van der Waals surface area contributed by atoms with Crippen molar-refractivity contribution in [3.63, 3.8) is 0 Å². The van der Waals surface area contributed by atoms with Crippen LogP contribution in [-0.4, -0.2) is 60.8 Å². The second kappa shape index (κ2) is 5.99. The van der Waals surface area contributed by atoms with E-state index in [0.29, 0.717) is 18.4 Å². The molecule has 5 heteroatoms. The van der Waals surface area contributed by atoms with Gasteiger partial charge in [-0.15, -0.1) is 0 Å². The molecule has 18 heavy (non-hydrogen) atoms. The number of likely N-dealkylation sites (N-methyl/N-ethyl adjacent to an activating group) is 1. The highest BCUT2D eigenvalue weighted by Gasteiger charge is 2.32. The van der Waals surface area contributed by atoms with Crippen LogP contribution in [-0.2, 0) is 4.79 Å². The third-order valence-corrected chi connectivity index (χ3v) is 4.10. The van der Waals surface area contributed by atoms with Gasteiger partial charge in [-0.05, 0) is 12.5 Å². The molecule has 1 amide bonds. The molecule has 0 spiro atoms. The predicted molar refractivity (Wildman–Crippen MR) is 72.0 cm³/mol. The SMILES string of the molecule is CCN1CCN(C2NC(=O)CC(C(C)C)N2)CC1. The van der Waals surface area contributed by atoms with Gasteiger partial charge in [0.05, 0.1) is 0 Å². The highest BCUT2D eigenvalue weighted by Crippen LogP contribution is 2.13. The molecule has 2 rings (SSSR count). The van der Waals surface area contributed by atoms with Crippen molar-refractivity contribution in [3.05, 3.63) is 0 Å². The number of carbonyl (C=O) groups excluding carboxylic acids is 1. The van der Waals surface area contributed by atoms with Gasteiger partial charge in [0.1, 0.15) is 6.29 Å². The first-order valence-electron chi connectivity index (χ1n) is 7.12. The van der Waals surface area contributed by atoms with Crippen molar-refractivity contribution in [3.8, 4) is 0 Å². The number of carbonyl (C=O) groups is 1. The summed E-state index contributed by atoms with van der Waals surface area (Å²) in [5, 5.41) is 6.62. The lowest BCUT2D eigenvalue weighted by molar-refractivity contribution is -0.128. The number of nitrogens with one attached hydrogen (secondary N) is 2. The van der Waals surface area contributed by atoms with Gasteiger partial charge in [-0.25, -0.2) is 0 Å². The first-order chi connectivity index (χ1) is 8.60. The normalized spacial score (nSPS) is 31.7. The van der Waals surface area contributed by atoms with Gasteiger partial charge in [0.2, 0.25) is 5.91 Å². The Labute approximate surface area is 110 Å². The molecule has 2 saturated heterocycles. The summed E-state index contributed by atoms with van der Waals surface area (Å²) in [5.74, 6) is 0.672. The number of rotatable bonds is 3. The molecule has 2 heterocycles. The van der Waals surface area contributed by atoms with E-state index in [0.717, 1.165) is 32.7 Å². The maximum absolute atomic E-state index is 11.8. The van der Waals surface area contributed by atoms with E-state index in [9.17, 15) is 4.79 Å². The molecule has 0 aromatic rings. The predicted octanol–water partition coefficient (Wildman–Crippen LogP) is 0.0416. The Morgan fingerprint density at radius 3 is 2.50 bits per heavy atom. The highest BCUT2D eigenvalue weighted by molar-refractivity contribution is 5.77. The van der Waals surface area contributed by atoms with Crippen LogP contribution in [0.4, 0.5) is 0 Å². The molecule has 0 aliphatic carbocycles. The number of hydrogen-bond donors (Lipinski definition) is 2. The minimum absolute atomic E-state index is 0.0256. The Bertz CT molecular complexity index is 287. The standard InChI is InChI=1S/C13H26N4O/c1-4-16-5-7-17(8-6-16)13-14-11(10(2)3)9-12(18)15-13/h10-11,13-14H,4-9H2,1-3H3,(H,15,18). The van der Waals surface area contributed by atoms with Crippen molar-refractivity contribution in [2.24, 2.45) is 5.92 Å². The summed E-state index contributed by atoms with van der Waals surface area (Å²) in [4.78, 5) is 16.6. The first kappa shape index (κ1) is 13.8. The Kier molecular flexibility index (Phi) is 4.59. The zero-order valence-electron chi connectivity index (χ0n) is 11.8. The van der Waals surface area contributed by atoms with Crippen molar-refractivity contribution in [1.82, 2.24) is 20.4 Å². The van der Waals surface area contributed by atoms with Crippen LogP contribution in [0.15, 0.2) is 0 Å². The second-order valence-corrected chi connectivity index (χ2v) is 5.66. The molecule has 2 unspecified atom stereocenters. The van der Waals surface area contributed by atoms with E-state index in [-0.39, 0.29) is 12.2 Å².